The van der Waals surface area contributed by atoms with E-state index in [1.807, 2.05) is 24.3 Å². The minimum absolute atomic E-state index is 0. The molecule has 0 unspecified atom stereocenters. The molecule has 0 aromatic heterocycles. The van der Waals surface area contributed by atoms with Crippen LogP contribution in [0.25, 0.3) is 0 Å². The van der Waals surface area contributed by atoms with Crippen molar-refractivity contribution in [2.24, 2.45) is 0 Å². The lowest BCUT2D eigenvalue weighted by Gasteiger charge is -2.44. The lowest BCUT2D eigenvalue weighted by molar-refractivity contribution is -0.133. The van der Waals surface area contributed by atoms with Gasteiger partial charge in [0.1, 0.15) is 5.75 Å². The minimum Gasteiger partial charge on any atom is -0.494 e. The normalized spacial score (nSPS) is 17.9. The highest BCUT2D eigenvalue weighted by Gasteiger charge is 2.55. The van der Waals surface area contributed by atoms with Crippen LogP contribution in [0.2, 0.25) is 0 Å². The molecule has 2 saturated heterocycles. The first-order valence-corrected chi connectivity index (χ1v) is 14.2. The van der Waals surface area contributed by atoms with E-state index in [1.165, 1.54) is 16.3 Å². The molecule has 216 valence electrons. The van der Waals surface area contributed by atoms with Crippen LogP contribution < -0.4 is 20.4 Å². The number of hydrogen-bond donors (Lipinski definition) is 3. The average Bonchev–Trinajstić information content (AvgIpc) is 2.93. The predicted octanol–water partition coefficient (Wildman–Crippen LogP) is 1.44. The molecule has 0 aliphatic carbocycles. The summed E-state index contributed by atoms with van der Waals surface area (Å²) in [5, 5.41) is 12.1. The van der Waals surface area contributed by atoms with Gasteiger partial charge < -0.3 is 24.6 Å². The number of likely N-dealkylation sites (tertiary alicyclic amines) is 1. The van der Waals surface area contributed by atoms with E-state index in [0.717, 1.165) is 24.3 Å². The summed E-state index contributed by atoms with van der Waals surface area (Å²) in [4.78, 5) is 28.7. The number of unbranched alkanes of at least 4 members (excludes halogenated alkanes) is 1. The summed E-state index contributed by atoms with van der Waals surface area (Å²) in [6.45, 7) is 4.93. The van der Waals surface area contributed by atoms with E-state index >= 15 is 0 Å². The highest BCUT2D eigenvalue weighted by atomic mass is 35.5. The largest absolute Gasteiger partial charge is 0.494 e. The van der Waals surface area contributed by atoms with Crippen LogP contribution in [-0.4, -0.2) is 106 Å². The van der Waals surface area contributed by atoms with E-state index in [-0.39, 0.29) is 57.5 Å². The number of nitrogens with one attached hydrogen (secondary N) is 2. The van der Waals surface area contributed by atoms with Crippen LogP contribution in [0.15, 0.2) is 24.3 Å². The molecule has 1 aromatic carbocycles. The van der Waals surface area contributed by atoms with E-state index < -0.39 is 20.7 Å². The van der Waals surface area contributed by atoms with Gasteiger partial charge in [0.2, 0.25) is 10.0 Å². The van der Waals surface area contributed by atoms with Crippen molar-refractivity contribution in [3.63, 3.8) is 0 Å². The molecular formula is C24H40ClN5O7S. The van der Waals surface area contributed by atoms with E-state index in [4.69, 9.17) is 9.47 Å². The first-order chi connectivity index (χ1) is 17.8. The van der Waals surface area contributed by atoms with Crippen molar-refractivity contribution in [1.82, 2.24) is 20.0 Å². The predicted molar refractivity (Wildman–Crippen MR) is 146 cm³/mol. The molecule has 2 fully saturated rings. The van der Waals surface area contributed by atoms with Crippen molar-refractivity contribution in [1.29, 1.82) is 0 Å². The SMILES string of the molecule is CCCCOc1ccc(N2CCN(S(=O)(=O)C3(C(=O)NO)CCN(C(=O)NCCOC)CC3)CC2)cc1.Cl. The maximum atomic E-state index is 13.7. The smallest absolute Gasteiger partial charge is 0.317 e. The van der Waals surface area contributed by atoms with Crippen molar-refractivity contribution in [3.05, 3.63) is 24.3 Å². The second-order valence-corrected chi connectivity index (χ2v) is 11.5. The molecule has 38 heavy (non-hydrogen) atoms. The molecule has 3 rings (SSSR count). The molecule has 0 saturated carbocycles. The van der Waals surface area contributed by atoms with Gasteiger partial charge in [0.25, 0.3) is 5.91 Å². The van der Waals surface area contributed by atoms with Gasteiger partial charge in [-0.15, -0.1) is 12.4 Å². The summed E-state index contributed by atoms with van der Waals surface area (Å²) in [7, 11) is -2.59. The van der Waals surface area contributed by atoms with Crippen molar-refractivity contribution in [2.45, 2.75) is 37.4 Å². The maximum Gasteiger partial charge on any atom is 0.317 e. The number of urea groups is 1. The second kappa shape index (κ2) is 14.7. The zero-order chi connectivity index (χ0) is 26.9. The van der Waals surface area contributed by atoms with Crippen molar-refractivity contribution < 1.29 is 32.7 Å². The number of methoxy groups -OCH3 is 1. The van der Waals surface area contributed by atoms with Gasteiger partial charge in [0.05, 0.1) is 13.2 Å². The number of ether oxygens (including phenoxy) is 2. The van der Waals surface area contributed by atoms with Gasteiger partial charge >= 0.3 is 6.03 Å². The fraction of sp³-hybridized carbons (Fsp3) is 0.667. The summed E-state index contributed by atoms with van der Waals surface area (Å²) in [5.74, 6) is -0.165. The van der Waals surface area contributed by atoms with Crippen LogP contribution >= 0.6 is 12.4 Å². The molecule has 2 heterocycles. The molecule has 0 atom stereocenters. The van der Waals surface area contributed by atoms with Gasteiger partial charge in [-0.25, -0.2) is 18.7 Å². The number of hydrogen-bond acceptors (Lipinski definition) is 8. The number of piperidine rings is 1. The topological polar surface area (TPSA) is 141 Å². The number of rotatable bonds is 11. The van der Waals surface area contributed by atoms with Gasteiger partial charge in [0, 0.05) is 58.6 Å². The summed E-state index contributed by atoms with van der Waals surface area (Å²) in [5.41, 5.74) is 2.53. The third-order valence-electron chi connectivity index (χ3n) is 7.00. The van der Waals surface area contributed by atoms with Gasteiger partial charge in [-0.3, -0.25) is 10.0 Å². The molecular weight excluding hydrogens is 538 g/mol. The number of halogens is 1. The third kappa shape index (κ3) is 7.20. The van der Waals surface area contributed by atoms with Gasteiger partial charge in [0.15, 0.2) is 4.75 Å². The standard InChI is InChI=1S/C24H39N5O7S.ClH/c1-3-4-18-36-21-7-5-20(6-8-21)27-14-16-29(17-15-27)37(33,34)24(22(30)26-32)9-12-28(13-10-24)23(31)25-11-19-35-2;/h5-8,32H,3-4,9-19H2,1-2H3,(H,25,31)(H,26,30);1H. The number of piperazine rings is 1. The molecule has 14 heteroatoms. The first kappa shape index (κ1) is 31.9. The summed E-state index contributed by atoms with van der Waals surface area (Å²) < 4.78 is 37.6. The minimum atomic E-state index is -4.12. The van der Waals surface area contributed by atoms with E-state index in [2.05, 4.69) is 17.1 Å². The molecule has 12 nitrogen and oxygen atoms in total. The molecule has 2 aliphatic rings. The summed E-state index contributed by atoms with van der Waals surface area (Å²) in [6.07, 6.45) is 1.83. The zero-order valence-corrected chi connectivity index (χ0v) is 23.7. The number of hydroxylamine groups is 1. The van der Waals surface area contributed by atoms with E-state index in [0.29, 0.717) is 32.8 Å². The quantitative estimate of drug-likeness (QED) is 0.204. The molecule has 1 aromatic rings. The number of sulfonamides is 1. The van der Waals surface area contributed by atoms with Gasteiger partial charge in [-0.1, -0.05) is 13.3 Å². The summed E-state index contributed by atoms with van der Waals surface area (Å²) in [6, 6.07) is 7.39. The Labute approximate surface area is 231 Å². The monoisotopic (exact) mass is 577 g/mol. The van der Waals surface area contributed by atoms with Crippen LogP contribution in [0.5, 0.6) is 5.75 Å². The molecule has 0 bridgehead atoms. The second-order valence-electron chi connectivity index (χ2n) is 9.23. The number of anilines is 1. The third-order valence-corrected chi connectivity index (χ3v) is 9.62. The van der Waals surface area contributed by atoms with Crippen LogP contribution in [0.3, 0.4) is 0 Å². The first-order valence-electron chi connectivity index (χ1n) is 12.7. The van der Waals surface area contributed by atoms with Gasteiger partial charge in [-0.05, 0) is 43.5 Å². The van der Waals surface area contributed by atoms with Crippen molar-refractivity contribution in [3.8, 4) is 5.75 Å². The highest BCUT2D eigenvalue weighted by molar-refractivity contribution is 7.91. The zero-order valence-electron chi connectivity index (χ0n) is 22.1. The van der Waals surface area contributed by atoms with Crippen molar-refractivity contribution >= 4 is 40.1 Å². The molecule has 3 amide bonds. The Morgan fingerprint density at radius 3 is 2.21 bits per heavy atom. The Hall–Kier alpha value is -2.32. The van der Waals surface area contributed by atoms with E-state index in [9.17, 15) is 23.2 Å². The van der Waals surface area contributed by atoms with Gasteiger partial charge in [-0.2, -0.15) is 4.31 Å². The highest BCUT2D eigenvalue weighted by Crippen LogP contribution is 2.35. The van der Waals surface area contributed by atoms with Crippen LogP contribution in [-0.2, 0) is 19.6 Å². The number of carbonyl (C=O) groups excluding carboxylic acids is 2. The molecule has 0 spiro atoms. The molecule has 2 aliphatic heterocycles. The van der Waals surface area contributed by atoms with Crippen LogP contribution in [0.4, 0.5) is 10.5 Å². The number of carbonyl (C=O) groups is 2. The fourth-order valence-corrected chi connectivity index (χ4v) is 6.78. The Bertz CT molecular complexity index is 996. The summed E-state index contributed by atoms with van der Waals surface area (Å²) >= 11 is 0. The Morgan fingerprint density at radius 1 is 1.03 bits per heavy atom. The average molecular weight is 578 g/mol. The Morgan fingerprint density at radius 2 is 1.66 bits per heavy atom. The number of nitrogens with zero attached hydrogens (tertiary/aromatic N) is 3. The molecule has 3 N–H and O–H groups in total. The molecule has 0 radical (unpaired) electrons. The van der Waals surface area contributed by atoms with Crippen LogP contribution in [0, 0.1) is 0 Å². The fourth-order valence-electron chi connectivity index (χ4n) is 4.67. The van der Waals surface area contributed by atoms with E-state index in [1.54, 1.807) is 5.48 Å². The number of amides is 3. The Balaban J connectivity index is 0.00000507. The lowest BCUT2D eigenvalue weighted by atomic mass is 9.95. The van der Waals surface area contributed by atoms with Crippen molar-refractivity contribution in [2.75, 3.05) is 71.0 Å². The van der Waals surface area contributed by atoms with Crippen LogP contribution in [0.1, 0.15) is 32.6 Å². The lowest BCUT2D eigenvalue weighted by Crippen LogP contribution is -2.64. The maximum absolute atomic E-state index is 13.7. The number of benzene rings is 1. The Kier molecular flexibility index (Phi) is 12.4.